The Morgan fingerprint density at radius 3 is 2.92 bits per heavy atom. The Hall–Kier alpha value is -0.800. The molecule has 0 fully saturated rings. The lowest BCUT2D eigenvalue weighted by Crippen LogP contribution is -2.20. The highest BCUT2D eigenvalue weighted by Gasteiger charge is 2.00. The first kappa shape index (κ1) is 10.3. The standard InChI is InChI=1S/C9H11ClN2S/c1-6-7(10)3-2-4-8(6)12-5-9(11)13/h2-4,12H,5H2,1H3,(H2,11,13). The number of hydrogen-bond acceptors (Lipinski definition) is 2. The van der Waals surface area contributed by atoms with E-state index in [-0.39, 0.29) is 0 Å². The Kier molecular flexibility index (Phi) is 3.51. The Morgan fingerprint density at radius 2 is 2.31 bits per heavy atom. The molecule has 70 valence electrons. The summed E-state index contributed by atoms with van der Waals surface area (Å²) in [6.45, 7) is 2.45. The van der Waals surface area contributed by atoms with Gasteiger partial charge in [-0.3, -0.25) is 0 Å². The first-order chi connectivity index (χ1) is 6.11. The maximum absolute atomic E-state index is 5.93. The first-order valence-electron chi connectivity index (χ1n) is 3.88. The maximum Gasteiger partial charge on any atom is 0.0921 e. The summed E-state index contributed by atoms with van der Waals surface area (Å²) in [5, 5.41) is 3.85. The van der Waals surface area contributed by atoms with Crippen molar-refractivity contribution in [3.63, 3.8) is 0 Å². The Balaban J connectivity index is 2.77. The van der Waals surface area contributed by atoms with Crippen molar-refractivity contribution in [3.05, 3.63) is 28.8 Å². The van der Waals surface area contributed by atoms with Crippen molar-refractivity contribution >= 4 is 34.5 Å². The highest BCUT2D eigenvalue weighted by molar-refractivity contribution is 7.80. The van der Waals surface area contributed by atoms with Crippen molar-refractivity contribution in [1.82, 2.24) is 0 Å². The first-order valence-corrected chi connectivity index (χ1v) is 4.67. The second kappa shape index (κ2) is 4.44. The van der Waals surface area contributed by atoms with Crippen molar-refractivity contribution in [2.75, 3.05) is 11.9 Å². The van der Waals surface area contributed by atoms with Crippen molar-refractivity contribution in [2.24, 2.45) is 5.73 Å². The van der Waals surface area contributed by atoms with E-state index in [0.717, 1.165) is 16.3 Å². The quantitative estimate of drug-likeness (QED) is 0.759. The second-order valence-electron chi connectivity index (χ2n) is 2.73. The number of benzene rings is 1. The molecule has 1 rings (SSSR count). The third kappa shape index (κ3) is 2.86. The number of nitrogens with two attached hydrogens (primary N) is 1. The molecule has 0 atom stereocenters. The molecule has 0 radical (unpaired) electrons. The number of rotatable bonds is 3. The lowest BCUT2D eigenvalue weighted by Gasteiger charge is -2.09. The lowest BCUT2D eigenvalue weighted by molar-refractivity contribution is 1.34. The normalized spacial score (nSPS) is 9.69. The Morgan fingerprint density at radius 1 is 1.62 bits per heavy atom. The fraction of sp³-hybridized carbons (Fsp3) is 0.222. The summed E-state index contributed by atoms with van der Waals surface area (Å²) in [6, 6.07) is 5.68. The van der Waals surface area contributed by atoms with Crippen LogP contribution < -0.4 is 11.1 Å². The van der Waals surface area contributed by atoms with E-state index in [4.69, 9.17) is 29.6 Å². The molecular weight excluding hydrogens is 204 g/mol. The third-order valence-corrected chi connectivity index (χ3v) is 2.27. The van der Waals surface area contributed by atoms with Crippen molar-refractivity contribution in [2.45, 2.75) is 6.92 Å². The molecule has 3 N–H and O–H groups in total. The summed E-state index contributed by atoms with van der Waals surface area (Å²) in [4.78, 5) is 0.444. The van der Waals surface area contributed by atoms with E-state index in [1.54, 1.807) is 0 Å². The number of hydrogen-bond donors (Lipinski definition) is 2. The van der Waals surface area contributed by atoms with Crippen LogP contribution in [0.15, 0.2) is 18.2 Å². The molecule has 0 unspecified atom stereocenters. The molecule has 4 heteroatoms. The number of nitrogens with one attached hydrogen (secondary N) is 1. The van der Waals surface area contributed by atoms with Crippen molar-refractivity contribution in [3.8, 4) is 0 Å². The minimum Gasteiger partial charge on any atom is -0.392 e. The molecule has 0 saturated carbocycles. The van der Waals surface area contributed by atoms with Crippen LogP contribution >= 0.6 is 23.8 Å². The highest BCUT2D eigenvalue weighted by atomic mass is 35.5. The zero-order chi connectivity index (χ0) is 9.84. The van der Waals surface area contributed by atoms with Gasteiger partial charge in [-0.05, 0) is 24.6 Å². The van der Waals surface area contributed by atoms with Crippen LogP contribution in [0, 0.1) is 6.92 Å². The van der Waals surface area contributed by atoms with Crippen LogP contribution in [0.4, 0.5) is 5.69 Å². The topological polar surface area (TPSA) is 38.0 Å². The average Bonchev–Trinajstić information content (AvgIpc) is 2.07. The Bertz CT molecular complexity index is 325. The van der Waals surface area contributed by atoms with Crippen molar-refractivity contribution in [1.29, 1.82) is 0 Å². The summed E-state index contributed by atoms with van der Waals surface area (Å²) >= 11 is 10.7. The van der Waals surface area contributed by atoms with E-state index in [1.807, 2.05) is 25.1 Å². The van der Waals surface area contributed by atoms with Gasteiger partial charge in [-0.2, -0.15) is 0 Å². The van der Waals surface area contributed by atoms with E-state index in [0.29, 0.717) is 11.5 Å². The predicted octanol–water partition coefficient (Wildman–Crippen LogP) is 2.35. The van der Waals surface area contributed by atoms with E-state index in [9.17, 15) is 0 Å². The van der Waals surface area contributed by atoms with Gasteiger partial charge in [-0.15, -0.1) is 0 Å². The zero-order valence-electron chi connectivity index (χ0n) is 7.30. The van der Waals surface area contributed by atoms with Crippen molar-refractivity contribution < 1.29 is 0 Å². The molecule has 0 aromatic heterocycles. The number of thiocarbonyl (C=S) groups is 1. The van der Waals surface area contributed by atoms with E-state index in [2.05, 4.69) is 5.32 Å². The molecule has 0 aliphatic heterocycles. The van der Waals surface area contributed by atoms with Gasteiger partial charge in [0.25, 0.3) is 0 Å². The molecule has 1 aromatic carbocycles. The lowest BCUT2D eigenvalue weighted by atomic mass is 10.2. The predicted molar refractivity (Wildman–Crippen MR) is 61.5 cm³/mol. The van der Waals surface area contributed by atoms with Gasteiger partial charge in [0.15, 0.2) is 0 Å². The molecule has 0 spiro atoms. The summed E-state index contributed by atoms with van der Waals surface area (Å²) in [6.07, 6.45) is 0. The van der Waals surface area contributed by atoms with E-state index in [1.165, 1.54) is 0 Å². The average molecular weight is 215 g/mol. The largest absolute Gasteiger partial charge is 0.392 e. The highest BCUT2D eigenvalue weighted by Crippen LogP contribution is 2.22. The molecule has 0 heterocycles. The SMILES string of the molecule is Cc1c(Cl)cccc1NCC(N)=S. The molecule has 0 saturated heterocycles. The minimum atomic E-state index is 0.444. The smallest absolute Gasteiger partial charge is 0.0921 e. The summed E-state index contributed by atoms with van der Waals surface area (Å²) in [7, 11) is 0. The molecule has 2 nitrogen and oxygen atoms in total. The van der Waals surface area contributed by atoms with Crippen LogP contribution in [0.1, 0.15) is 5.56 Å². The summed E-state index contributed by atoms with van der Waals surface area (Å²) in [5.74, 6) is 0. The van der Waals surface area contributed by atoms with Crippen LogP contribution in [0.2, 0.25) is 5.02 Å². The Labute approximate surface area is 88.1 Å². The van der Waals surface area contributed by atoms with Crippen LogP contribution in [-0.2, 0) is 0 Å². The number of halogens is 1. The molecule has 0 aliphatic carbocycles. The van der Waals surface area contributed by atoms with Gasteiger partial charge in [0.05, 0.1) is 11.5 Å². The van der Waals surface area contributed by atoms with Gasteiger partial charge in [-0.1, -0.05) is 29.9 Å². The molecule has 0 aliphatic rings. The summed E-state index contributed by atoms with van der Waals surface area (Å²) in [5.41, 5.74) is 7.35. The molecule has 1 aromatic rings. The van der Waals surface area contributed by atoms with E-state index < -0.39 is 0 Å². The second-order valence-corrected chi connectivity index (χ2v) is 3.66. The molecular formula is C9H11ClN2S. The molecule has 0 bridgehead atoms. The van der Waals surface area contributed by atoms with E-state index >= 15 is 0 Å². The summed E-state index contributed by atoms with van der Waals surface area (Å²) < 4.78 is 0. The minimum absolute atomic E-state index is 0.444. The van der Waals surface area contributed by atoms with Gasteiger partial charge in [0.2, 0.25) is 0 Å². The van der Waals surface area contributed by atoms with Gasteiger partial charge >= 0.3 is 0 Å². The van der Waals surface area contributed by atoms with Gasteiger partial charge < -0.3 is 11.1 Å². The van der Waals surface area contributed by atoms with Crippen LogP contribution in [0.5, 0.6) is 0 Å². The number of anilines is 1. The monoisotopic (exact) mass is 214 g/mol. The molecule has 13 heavy (non-hydrogen) atoms. The maximum atomic E-state index is 5.93. The third-order valence-electron chi connectivity index (χ3n) is 1.72. The zero-order valence-corrected chi connectivity index (χ0v) is 8.88. The van der Waals surface area contributed by atoms with Gasteiger partial charge in [0, 0.05) is 10.7 Å². The van der Waals surface area contributed by atoms with Crippen LogP contribution in [-0.4, -0.2) is 11.5 Å². The fourth-order valence-electron chi connectivity index (χ4n) is 0.981. The van der Waals surface area contributed by atoms with Gasteiger partial charge in [-0.25, -0.2) is 0 Å². The van der Waals surface area contributed by atoms with Crippen LogP contribution in [0.25, 0.3) is 0 Å². The van der Waals surface area contributed by atoms with Gasteiger partial charge in [0.1, 0.15) is 0 Å². The van der Waals surface area contributed by atoms with Crippen LogP contribution in [0.3, 0.4) is 0 Å². The fourth-order valence-corrected chi connectivity index (χ4v) is 1.23. The molecule has 0 amide bonds.